The smallest absolute Gasteiger partial charge is 0.340 e. The van der Waals surface area contributed by atoms with Crippen LogP contribution in [-0.2, 0) is 21.0 Å². The fourth-order valence-electron chi connectivity index (χ4n) is 2.69. The largest absolute Gasteiger partial charge is 0.416 e. The summed E-state index contributed by atoms with van der Waals surface area (Å²) < 4.78 is 64.6. The molecule has 0 radical (unpaired) electrons. The Labute approximate surface area is 163 Å². The summed E-state index contributed by atoms with van der Waals surface area (Å²) in [5.41, 5.74) is -1.02. The molecule has 1 aliphatic rings. The van der Waals surface area contributed by atoms with Crippen LogP contribution < -0.4 is 10.0 Å². The zero-order valence-electron chi connectivity index (χ0n) is 14.8. The summed E-state index contributed by atoms with van der Waals surface area (Å²) in [4.78, 5) is 13.4. The van der Waals surface area contributed by atoms with Crippen LogP contribution in [0.3, 0.4) is 0 Å². The summed E-state index contributed by atoms with van der Waals surface area (Å²) in [6.07, 6.45) is -4.16. The van der Waals surface area contributed by atoms with Gasteiger partial charge in [0.2, 0.25) is 15.9 Å². The number of amides is 1. The van der Waals surface area contributed by atoms with Crippen molar-refractivity contribution in [3.05, 3.63) is 29.8 Å². The molecule has 1 aromatic rings. The molecule has 0 saturated carbocycles. The molecule has 1 saturated heterocycles. The van der Waals surface area contributed by atoms with E-state index < -0.39 is 26.7 Å². The highest BCUT2D eigenvalue weighted by Gasteiger charge is 2.31. The molecule has 1 unspecified atom stereocenters. The van der Waals surface area contributed by atoms with Crippen molar-refractivity contribution in [2.24, 2.45) is 0 Å². The van der Waals surface area contributed by atoms with E-state index in [4.69, 9.17) is 0 Å². The minimum absolute atomic E-state index is 0. The first kappa shape index (κ1) is 23.7. The average Bonchev–Trinajstić information content (AvgIpc) is 2.58. The van der Waals surface area contributed by atoms with Gasteiger partial charge in [0, 0.05) is 38.6 Å². The lowest BCUT2D eigenvalue weighted by molar-refractivity contribution is -0.137. The summed E-state index contributed by atoms with van der Waals surface area (Å²) in [5, 5.41) is 3.22. The second-order valence-electron chi connectivity index (χ2n) is 6.22. The number of carbonyl (C=O) groups is 1. The van der Waals surface area contributed by atoms with Crippen molar-refractivity contribution in [3.63, 3.8) is 0 Å². The Hall–Kier alpha value is -1.36. The lowest BCUT2D eigenvalue weighted by Gasteiger charge is -2.32. The van der Waals surface area contributed by atoms with E-state index in [1.165, 1.54) is 0 Å². The van der Waals surface area contributed by atoms with Crippen LogP contribution in [0.2, 0.25) is 0 Å². The molecule has 0 aromatic heterocycles. The number of nitrogens with zero attached hydrogens (tertiary/aromatic N) is 1. The van der Waals surface area contributed by atoms with Crippen LogP contribution in [0.15, 0.2) is 29.2 Å². The van der Waals surface area contributed by atoms with Crippen molar-refractivity contribution >= 4 is 28.3 Å². The van der Waals surface area contributed by atoms with Gasteiger partial charge in [-0.3, -0.25) is 4.79 Å². The number of hydrogen-bond acceptors (Lipinski definition) is 4. The van der Waals surface area contributed by atoms with E-state index in [1.54, 1.807) is 4.90 Å². The van der Waals surface area contributed by atoms with Crippen LogP contribution in [0.1, 0.15) is 25.3 Å². The molecule has 6 nitrogen and oxygen atoms in total. The maximum absolute atomic E-state index is 12.7. The SMILES string of the molecule is CC1CN(C(=O)CCCNS(=O)(=O)c2cccc(C(F)(F)F)c2)CCN1.Cl. The maximum Gasteiger partial charge on any atom is 0.416 e. The first-order valence-corrected chi connectivity index (χ1v) is 9.76. The molecular weight excluding hydrogens is 407 g/mol. The van der Waals surface area contributed by atoms with Crippen LogP contribution in [0.5, 0.6) is 0 Å². The minimum atomic E-state index is -4.61. The first-order valence-electron chi connectivity index (χ1n) is 8.28. The second-order valence-corrected chi connectivity index (χ2v) is 7.99. The van der Waals surface area contributed by atoms with E-state index in [1.807, 2.05) is 6.92 Å². The molecule has 27 heavy (non-hydrogen) atoms. The lowest BCUT2D eigenvalue weighted by Crippen LogP contribution is -2.51. The van der Waals surface area contributed by atoms with Crippen molar-refractivity contribution < 1.29 is 26.4 Å². The third-order valence-electron chi connectivity index (χ3n) is 4.05. The van der Waals surface area contributed by atoms with Gasteiger partial charge >= 0.3 is 6.18 Å². The van der Waals surface area contributed by atoms with Crippen molar-refractivity contribution in [1.82, 2.24) is 14.9 Å². The topological polar surface area (TPSA) is 78.5 Å². The summed E-state index contributed by atoms with van der Waals surface area (Å²) in [7, 11) is -4.06. The number of sulfonamides is 1. The second kappa shape index (κ2) is 9.72. The zero-order valence-corrected chi connectivity index (χ0v) is 16.4. The predicted octanol–water partition coefficient (Wildman–Crippen LogP) is 2.01. The standard InChI is InChI=1S/C16H22F3N3O3S.ClH/c1-12-11-22(9-8-20-12)15(23)6-3-7-21-26(24,25)14-5-2-4-13(10-14)16(17,18)19;/h2,4-5,10,12,20-21H,3,6-9,11H2,1H3;1H. The highest BCUT2D eigenvalue weighted by atomic mass is 35.5. The van der Waals surface area contributed by atoms with Gasteiger partial charge in [0.05, 0.1) is 10.5 Å². The molecule has 1 aliphatic heterocycles. The van der Waals surface area contributed by atoms with Gasteiger partial charge in [-0.05, 0) is 31.5 Å². The lowest BCUT2D eigenvalue weighted by atomic mass is 10.2. The van der Waals surface area contributed by atoms with Crippen molar-refractivity contribution in [2.45, 2.75) is 36.9 Å². The highest BCUT2D eigenvalue weighted by molar-refractivity contribution is 7.89. The molecule has 154 valence electrons. The van der Waals surface area contributed by atoms with Gasteiger partial charge in [0.1, 0.15) is 0 Å². The molecule has 1 heterocycles. The molecule has 0 aliphatic carbocycles. The van der Waals surface area contributed by atoms with Crippen LogP contribution >= 0.6 is 12.4 Å². The maximum atomic E-state index is 12.7. The summed E-state index contributed by atoms with van der Waals surface area (Å²) in [5.74, 6) is -0.0587. The Morgan fingerprint density at radius 3 is 2.70 bits per heavy atom. The molecule has 0 spiro atoms. The molecule has 1 amide bonds. The summed E-state index contributed by atoms with van der Waals surface area (Å²) in [6, 6.07) is 3.77. The van der Waals surface area contributed by atoms with E-state index in [2.05, 4.69) is 10.0 Å². The number of piperazine rings is 1. The third kappa shape index (κ3) is 6.95. The van der Waals surface area contributed by atoms with Gasteiger partial charge < -0.3 is 10.2 Å². The summed E-state index contributed by atoms with van der Waals surface area (Å²) in [6.45, 7) is 3.89. The molecule has 1 aromatic carbocycles. The van der Waals surface area contributed by atoms with E-state index >= 15 is 0 Å². The van der Waals surface area contributed by atoms with Gasteiger partial charge in [-0.2, -0.15) is 13.2 Å². The van der Waals surface area contributed by atoms with Gasteiger partial charge in [-0.25, -0.2) is 13.1 Å². The van der Waals surface area contributed by atoms with Gasteiger partial charge in [0.15, 0.2) is 0 Å². The van der Waals surface area contributed by atoms with Crippen molar-refractivity contribution in [1.29, 1.82) is 0 Å². The van der Waals surface area contributed by atoms with E-state index in [-0.39, 0.29) is 43.7 Å². The molecule has 1 atom stereocenters. The molecule has 2 rings (SSSR count). The van der Waals surface area contributed by atoms with E-state index in [0.29, 0.717) is 19.2 Å². The number of carbonyl (C=O) groups excluding carboxylic acids is 1. The molecule has 11 heteroatoms. The quantitative estimate of drug-likeness (QED) is 0.678. The minimum Gasteiger partial charge on any atom is -0.340 e. The number of benzene rings is 1. The third-order valence-corrected chi connectivity index (χ3v) is 5.51. The number of halogens is 4. The van der Waals surface area contributed by atoms with Crippen LogP contribution in [0, 0.1) is 0 Å². The van der Waals surface area contributed by atoms with Gasteiger partial charge in [0.25, 0.3) is 0 Å². The highest BCUT2D eigenvalue weighted by Crippen LogP contribution is 2.30. The number of nitrogens with one attached hydrogen (secondary N) is 2. The molecule has 0 bridgehead atoms. The van der Waals surface area contributed by atoms with Crippen LogP contribution in [0.25, 0.3) is 0 Å². The van der Waals surface area contributed by atoms with Crippen molar-refractivity contribution in [3.8, 4) is 0 Å². The normalized spacial score (nSPS) is 18.1. The Bertz CT molecular complexity index is 744. The fourth-order valence-corrected chi connectivity index (χ4v) is 3.81. The molecule has 2 N–H and O–H groups in total. The van der Waals surface area contributed by atoms with Gasteiger partial charge in [-0.1, -0.05) is 6.07 Å². The number of hydrogen-bond donors (Lipinski definition) is 2. The Morgan fingerprint density at radius 1 is 1.37 bits per heavy atom. The Kier molecular flexibility index (Phi) is 8.52. The first-order chi connectivity index (χ1) is 12.1. The average molecular weight is 430 g/mol. The van der Waals surface area contributed by atoms with Crippen LogP contribution in [-0.4, -0.2) is 51.4 Å². The Morgan fingerprint density at radius 2 is 2.07 bits per heavy atom. The predicted molar refractivity (Wildman–Crippen MR) is 97.2 cm³/mol. The number of rotatable bonds is 6. The molecule has 1 fully saturated rings. The number of alkyl halides is 3. The Balaban J connectivity index is 0.00000364. The van der Waals surface area contributed by atoms with Gasteiger partial charge in [-0.15, -0.1) is 12.4 Å². The summed E-state index contributed by atoms with van der Waals surface area (Å²) >= 11 is 0. The fraction of sp³-hybridized carbons (Fsp3) is 0.562. The van der Waals surface area contributed by atoms with Crippen molar-refractivity contribution in [2.75, 3.05) is 26.2 Å². The van der Waals surface area contributed by atoms with E-state index in [9.17, 15) is 26.4 Å². The monoisotopic (exact) mass is 429 g/mol. The zero-order chi connectivity index (χ0) is 19.4. The van der Waals surface area contributed by atoms with E-state index in [0.717, 1.165) is 24.7 Å². The molecular formula is C16H23ClF3N3O3S. The van der Waals surface area contributed by atoms with Crippen LogP contribution in [0.4, 0.5) is 13.2 Å².